The molecule has 1 heterocycles. The van der Waals surface area contributed by atoms with Gasteiger partial charge in [-0.2, -0.15) is 0 Å². The maximum absolute atomic E-state index is 5.94. The molecule has 2 nitrogen and oxygen atoms in total. The molecule has 3 heteroatoms. The molecule has 2 aromatic carbocycles. The fourth-order valence-corrected chi connectivity index (χ4v) is 2.37. The minimum Gasteiger partial charge on any atom is -0.481 e. The highest BCUT2D eigenvalue weighted by atomic mass is 35.5. The Balaban J connectivity index is 2.11. The summed E-state index contributed by atoms with van der Waals surface area (Å²) >= 11 is 5.94. The number of ether oxygens (including phenoxy) is 1. The van der Waals surface area contributed by atoms with Gasteiger partial charge in [-0.1, -0.05) is 54.1 Å². The smallest absolute Gasteiger partial charge is 0.221 e. The van der Waals surface area contributed by atoms with Crippen LogP contribution in [0, 0.1) is 0 Å². The number of aromatic nitrogens is 1. The number of methoxy groups -OCH3 is 1. The Labute approximate surface area is 129 Å². The van der Waals surface area contributed by atoms with Crippen LogP contribution in [0.15, 0.2) is 66.9 Å². The molecule has 3 aromatic rings. The van der Waals surface area contributed by atoms with Gasteiger partial charge in [-0.3, -0.25) is 0 Å². The van der Waals surface area contributed by atoms with Gasteiger partial charge in [0.1, 0.15) is 0 Å². The Morgan fingerprint density at radius 1 is 0.857 bits per heavy atom. The zero-order valence-electron chi connectivity index (χ0n) is 11.6. The van der Waals surface area contributed by atoms with Crippen molar-refractivity contribution in [3.63, 3.8) is 0 Å². The van der Waals surface area contributed by atoms with Gasteiger partial charge in [-0.15, -0.1) is 0 Å². The van der Waals surface area contributed by atoms with E-state index < -0.39 is 0 Å². The zero-order chi connectivity index (χ0) is 14.7. The Hall–Kier alpha value is -2.32. The van der Waals surface area contributed by atoms with E-state index in [0.717, 1.165) is 27.3 Å². The lowest BCUT2D eigenvalue weighted by Gasteiger charge is -2.10. The predicted molar refractivity (Wildman–Crippen MR) is 86.7 cm³/mol. The highest BCUT2D eigenvalue weighted by molar-refractivity contribution is 6.30. The van der Waals surface area contributed by atoms with Gasteiger partial charge >= 0.3 is 0 Å². The van der Waals surface area contributed by atoms with Crippen molar-refractivity contribution in [1.29, 1.82) is 0 Å². The standard InChI is InChI=1S/C18H14ClNO/c1-21-18-17(14-5-3-2-4-6-14)11-15(12-20-18)13-7-9-16(19)10-8-13/h2-12H,1H3. The monoisotopic (exact) mass is 295 g/mol. The van der Waals surface area contributed by atoms with Crippen LogP contribution in [0.3, 0.4) is 0 Å². The highest BCUT2D eigenvalue weighted by Crippen LogP contribution is 2.32. The molecule has 0 atom stereocenters. The molecule has 0 unspecified atom stereocenters. The van der Waals surface area contributed by atoms with E-state index in [-0.39, 0.29) is 0 Å². The van der Waals surface area contributed by atoms with Crippen molar-refractivity contribution in [2.45, 2.75) is 0 Å². The van der Waals surface area contributed by atoms with Gasteiger partial charge < -0.3 is 4.74 Å². The number of hydrogen-bond acceptors (Lipinski definition) is 2. The zero-order valence-corrected chi connectivity index (χ0v) is 12.3. The molecule has 1 aromatic heterocycles. The topological polar surface area (TPSA) is 22.1 Å². The summed E-state index contributed by atoms with van der Waals surface area (Å²) in [6.45, 7) is 0. The van der Waals surface area contributed by atoms with E-state index >= 15 is 0 Å². The fourth-order valence-electron chi connectivity index (χ4n) is 2.24. The number of halogens is 1. The van der Waals surface area contributed by atoms with Crippen molar-refractivity contribution in [2.24, 2.45) is 0 Å². The van der Waals surface area contributed by atoms with E-state index in [0.29, 0.717) is 5.88 Å². The van der Waals surface area contributed by atoms with E-state index in [1.165, 1.54) is 0 Å². The molecule has 0 aliphatic carbocycles. The average Bonchev–Trinajstić information content (AvgIpc) is 2.56. The first-order valence-electron chi connectivity index (χ1n) is 6.63. The van der Waals surface area contributed by atoms with Gasteiger partial charge in [0.15, 0.2) is 0 Å². The van der Waals surface area contributed by atoms with E-state index in [1.807, 2.05) is 60.8 Å². The van der Waals surface area contributed by atoms with Crippen LogP contribution in [0.2, 0.25) is 5.02 Å². The van der Waals surface area contributed by atoms with Gasteiger partial charge in [0, 0.05) is 22.3 Å². The van der Waals surface area contributed by atoms with Crippen molar-refractivity contribution >= 4 is 11.6 Å². The Bertz CT molecular complexity index is 739. The lowest BCUT2D eigenvalue weighted by molar-refractivity contribution is 0.400. The minimum atomic E-state index is 0.624. The van der Waals surface area contributed by atoms with Crippen LogP contribution in [-0.4, -0.2) is 12.1 Å². The van der Waals surface area contributed by atoms with Gasteiger partial charge in [0.25, 0.3) is 0 Å². The van der Waals surface area contributed by atoms with Crippen molar-refractivity contribution in [2.75, 3.05) is 7.11 Å². The Morgan fingerprint density at radius 2 is 1.57 bits per heavy atom. The number of pyridine rings is 1. The van der Waals surface area contributed by atoms with Gasteiger partial charge in [-0.25, -0.2) is 4.98 Å². The largest absolute Gasteiger partial charge is 0.481 e. The van der Waals surface area contributed by atoms with E-state index in [4.69, 9.17) is 16.3 Å². The van der Waals surface area contributed by atoms with Crippen molar-refractivity contribution in [3.05, 3.63) is 71.9 Å². The van der Waals surface area contributed by atoms with Crippen LogP contribution >= 0.6 is 11.6 Å². The van der Waals surface area contributed by atoms with Crippen LogP contribution in [0.4, 0.5) is 0 Å². The molecule has 0 radical (unpaired) electrons. The first kappa shape index (κ1) is 13.7. The molecule has 0 amide bonds. The van der Waals surface area contributed by atoms with Gasteiger partial charge in [0.2, 0.25) is 5.88 Å². The second-order valence-corrected chi connectivity index (χ2v) is 5.09. The Kier molecular flexibility index (Phi) is 3.89. The maximum atomic E-state index is 5.94. The minimum absolute atomic E-state index is 0.624. The van der Waals surface area contributed by atoms with E-state index in [2.05, 4.69) is 11.1 Å². The normalized spacial score (nSPS) is 10.4. The Morgan fingerprint density at radius 3 is 2.24 bits per heavy atom. The molecule has 0 fully saturated rings. The SMILES string of the molecule is COc1ncc(-c2ccc(Cl)cc2)cc1-c1ccccc1. The summed E-state index contributed by atoms with van der Waals surface area (Å²) in [5, 5.41) is 0.725. The summed E-state index contributed by atoms with van der Waals surface area (Å²) in [5.74, 6) is 0.624. The first-order valence-corrected chi connectivity index (χ1v) is 7.01. The van der Waals surface area contributed by atoms with Crippen LogP contribution in [0.1, 0.15) is 0 Å². The average molecular weight is 296 g/mol. The quantitative estimate of drug-likeness (QED) is 0.672. The lowest BCUT2D eigenvalue weighted by atomic mass is 10.0. The molecule has 0 bridgehead atoms. The molecule has 0 N–H and O–H groups in total. The summed E-state index contributed by atoms with van der Waals surface area (Å²) in [5.41, 5.74) is 4.17. The second-order valence-electron chi connectivity index (χ2n) is 4.65. The summed E-state index contributed by atoms with van der Waals surface area (Å²) < 4.78 is 5.38. The molecule has 104 valence electrons. The first-order chi connectivity index (χ1) is 10.3. The summed E-state index contributed by atoms with van der Waals surface area (Å²) in [6, 6.07) is 19.9. The van der Waals surface area contributed by atoms with Crippen molar-refractivity contribution in [1.82, 2.24) is 4.98 Å². The third kappa shape index (κ3) is 2.91. The molecule has 0 spiro atoms. The van der Waals surface area contributed by atoms with Crippen LogP contribution in [0.5, 0.6) is 5.88 Å². The lowest BCUT2D eigenvalue weighted by Crippen LogP contribution is -1.92. The summed E-state index contributed by atoms with van der Waals surface area (Å²) in [6.07, 6.45) is 1.81. The number of nitrogens with zero attached hydrogens (tertiary/aromatic N) is 1. The molecule has 0 aliphatic rings. The highest BCUT2D eigenvalue weighted by Gasteiger charge is 2.09. The molecular formula is C18H14ClNO. The van der Waals surface area contributed by atoms with Gasteiger partial charge in [-0.05, 0) is 29.3 Å². The molecule has 0 saturated heterocycles. The molecule has 0 saturated carbocycles. The second kappa shape index (κ2) is 5.98. The van der Waals surface area contributed by atoms with Gasteiger partial charge in [0.05, 0.1) is 7.11 Å². The third-order valence-electron chi connectivity index (χ3n) is 3.31. The van der Waals surface area contributed by atoms with Crippen LogP contribution < -0.4 is 4.74 Å². The van der Waals surface area contributed by atoms with Crippen molar-refractivity contribution in [3.8, 4) is 28.1 Å². The van der Waals surface area contributed by atoms with Crippen molar-refractivity contribution < 1.29 is 4.74 Å². The predicted octanol–water partition coefficient (Wildman–Crippen LogP) is 5.08. The van der Waals surface area contributed by atoms with E-state index in [1.54, 1.807) is 7.11 Å². The van der Waals surface area contributed by atoms with Crippen LogP contribution in [-0.2, 0) is 0 Å². The molecule has 0 aliphatic heterocycles. The van der Waals surface area contributed by atoms with E-state index in [9.17, 15) is 0 Å². The summed E-state index contributed by atoms with van der Waals surface area (Å²) in [7, 11) is 1.64. The number of benzene rings is 2. The maximum Gasteiger partial charge on any atom is 0.221 e. The molecular weight excluding hydrogens is 282 g/mol. The molecule has 21 heavy (non-hydrogen) atoms. The van der Waals surface area contributed by atoms with Crippen LogP contribution in [0.25, 0.3) is 22.3 Å². The molecule has 3 rings (SSSR count). The third-order valence-corrected chi connectivity index (χ3v) is 3.56. The summed E-state index contributed by atoms with van der Waals surface area (Å²) in [4.78, 5) is 4.42. The fraction of sp³-hybridized carbons (Fsp3) is 0.0556. The number of rotatable bonds is 3. The number of hydrogen-bond donors (Lipinski definition) is 0.